The highest BCUT2D eigenvalue weighted by Crippen LogP contribution is 2.01. The Hall–Kier alpha value is -1.29. The van der Waals surface area contributed by atoms with Crippen LogP contribution in [0, 0.1) is 0 Å². The molecule has 0 fully saturated rings. The molecule has 13 heavy (non-hydrogen) atoms. The number of ketones is 1. The van der Waals surface area contributed by atoms with E-state index in [0.29, 0.717) is 12.3 Å². The van der Waals surface area contributed by atoms with Crippen molar-refractivity contribution >= 4 is 5.78 Å². The Bertz CT molecular complexity index is 274. The van der Waals surface area contributed by atoms with Crippen LogP contribution in [-0.2, 0) is 4.74 Å². The molecule has 1 aromatic heterocycles. The quantitative estimate of drug-likeness (QED) is 0.651. The van der Waals surface area contributed by atoms with Gasteiger partial charge in [0.2, 0.25) is 5.78 Å². The lowest BCUT2D eigenvalue weighted by Crippen LogP contribution is -2.21. The van der Waals surface area contributed by atoms with Crippen LogP contribution >= 0.6 is 0 Å². The van der Waals surface area contributed by atoms with Crippen LogP contribution in [-0.4, -0.2) is 28.5 Å². The Morgan fingerprint density at radius 2 is 2.38 bits per heavy atom. The van der Waals surface area contributed by atoms with Gasteiger partial charge in [0.15, 0.2) is 0 Å². The number of rotatable bonds is 4. The van der Waals surface area contributed by atoms with Crippen molar-refractivity contribution in [3.8, 4) is 0 Å². The molecular formula is C9H12N2O2. The zero-order chi connectivity index (χ0) is 9.68. The molecule has 70 valence electrons. The molecule has 0 aliphatic heterocycles. The normalized spacial score (nSPS) is 12.5. The van der Waals surface area contributed by atoms with Crippen molar-refractivity contribution in [2.45, 2.75) is 20.0 Å². The maximum absolute atomic E-state index is 11.5. The summed E-state index contributed by atoms with van der Waals surface area (Å²) >= 11 is 0. The van der Waals surface area contributed by atoms with Crippen LogP contribution in [0.1, 0.15) is 24.3 Å². The second kappa shape index (κ2) is 4.67. The SMILES string of the molecule is CCOC(C)C(=O)c1cnccn1. The highest BCUT2D eigenvalue weighted by Gasteiger charge is 2.15. The topological polar surface area (TPSA) is 52.1 Å². The van der Waals surface area contributed by atoms with Crippen LogP contribution in [0.15, 0.2) is 18.6 Å². The molecular weight excluding hydrogens is 168 g/mol. The van der Waals surface area contributed by atoms with Crippen molar-refractivity contribution in [1.29, 1.82) is 0 Å². The number of ether oxygens (including phenoxy) is 1. The van der Waals surface area contributed by atoms with E-state index in [1.807, 2.05) is 6.92 Å². The first-order chi connectivity index (χ1) is 6.25. The molecule has 1 aromatic rings. The number of aromatic nitrogens is 2. The summed E-state index contributed by atoms with van der Waals surface area (Å²) in [5.41, 5.74) is 0.350. The lowest BCUT2D eigenvalue weighted by molar-refractivity contribution is 0.0515. The fourth-order valence-corrected chi connectivity index (χ4v) is 0.960. The van der Waals surface area contributed by atoms with Gasteiger partial charge in [-0.3, -0.25) is 9.78 Å². The van der Waals surface area contributed by atoms with Crippen LogP contribution in [0.4, 0.5) is 0 Å². The third-order valence-corrected chi connectivity index (χ3v) is 1.60. The summed E-state index contributed by atoms with van der Waals surface area (Å²) in [7, 11) is 0. The number of carbonyl (C=O) groups excluding carboxylic acids is 1. The fourth-order valence-electron chi connectivity index (χ4n) is 0.960. The standard InChI is InChI=1S/C9H12N2O2/c1-3-13-7(2)9(12)8-6-10-4-5-11-8/h4-7H,3H2,1-2H3. The maximum Gasteiger partial charge on any atom is 0.211 e. The van der Waals surface area contributed by atoms with E-state index in [1.54, 1.807) is 6.92 Å². The number of hydrogen-bond acceptors (Lipinski definition) is 4. The minimum absolute atomic E-state index is 0.130. The number of carbonyl (C=O) groups is 1. The molecule has 0 bridgehead atoms. The van der Waals surface area contributed by atoms with E-state index in [0.717, 1.165) is 0 Å². The summed E-state index contributed by atoms with van der Waals surface area (Å²) < 4.78 is 5.14. The Labute approximate surface area is 77.0 Å². The number of nitrogens with zero attached hydrogens (tertiary/aromatic N) is 2. The van der Waals surface area contributed by atoms with E-state index in [2.05, 4.69) is 9.97 Å². The van der Waals surface area contributed by atoms with Crippen LogP contribution in [0.5, 0.6) is 0 Å². The maximum atomic E-state index is 11.5. The molecule has 0 radical (unpaired) electrons. The van der Waals surface area contributed by atoms with Gasteiger partial charge in [-0.25, -0.2) is 4.98 Å². The predicted molar refractivity (Wildman–Crippen MR) is 47.5 cm³/mol. The second-order valence-corrected chi connectivity index (χ2v) is 2.55. The first-order valence-corrected chi connectivity index (χ1v) is 4.17. The zero-order valence-electron chi connectivity index (χ0n) is 7.73. The van der Waals surface area contributed by atoms with Crippen molar-refractivity contribution in [3.63, 3.8) is 0 Å². The molecule has 4 heteroatoms. The first-order valence-electron chi connectivity index (χ1n) is 4.17. The molecule has 1 atom stereocenters. The molecule has 0 saturated heterocycles. The smallest absolute Gasteiger partial charge is 0.211 e. The van der Waals surface area contributed by atoms with E-state index in [9.17, 15) is 4.79 Å². The summed E-state index contributed by atoms with van der Waals surface area (Å²) in [6.45, 7) is 4.08. The van der Waals surface area contributed by atoms with E-state index in [4.69, 9.17) is 4.74 Å². The zero-order valence-corrected chi connectivity index (χ0v) is 7.73. The van der Waals surface area contributed by atoms with E-state index >= 15 is 0 Å². The molecule has 0 amide bonds. The van der Waals surface area contributed by atoms with Crippen LogP contribution < -0.4 is 0 Å². The summed E-state index contributed by atoms with van der Waals surface area (Å²) in [5.74, 6) is -0.130. The molecule has 0 aromatic carbocycles. The fraction of sp³-hybridized carbons (Fsp3) is 0.444. The lowest BCUT2D eigenvalue weighted by atomic mass is 10.2. The Morgan fingerprint density at radius 3 is 2.92 bits per heavy atom. The van der Waals surface area contributed by atoms with Gasteiger partial charge >= 0.3 is 0 Å². The summed E-state index contributed by atoms with van der Waals surface area (Å²) in [6.07, 6.45) is 4.02. The first kappa shape index (κ1) is 9.80. The van der Waals surface area contributed by atoms with Crippen molar-refractivity contribution in [2.24, 2.45) is 0 Å². The Morgan fingerprint density at radius 1 is 1.62 bits per heavy atom. The summed E-state index contributed by atoms with van der Waals surface area (Å²) in [6, 6.07) is 0. The molecule has 4 nitrogen and oxygen atoms in total. The third kappa shape index (κ3) is 2.59. The van der Waals surface area contributed by atoms with Gasteiger partial charge in [0.05, 0.1) is 6.20 Å². The van der Waals surface area contributed by atoms with Crippen molar-refractivity contribution < 1.29 is 9.53 Å². The highest BCUT2D eigenvalue weighted by atomic mass is 16.5. The molecule has 0 aliphatic rings. The Balaban J connectivity index is 2.68. The third-order valence-electron chi connectivity index (χ3n) is 1.60. The minimum Gasteiger partial charge on any atom is -0.371 e. The van der Waals surface area contributed by atoms with E-state index in [1.165, 1.54) is 18.6 Å². The largest absolute Gasteiger partial charge is 0.371 e. The number of hydrogen-bond donors (Lipinski definition) is 0. The minimum atomic E-state index is -0.443. The van der Waals surface area contributed by atoms with Gasteiger partial charge in [-0.2, -0.15) is 0 Å². The van der Waals surface area contributed by atoms with Gasteiger partial charge in [0.1, 0.15) is 11.8 Å². The lowest BCUT2D eigenvalue weighted by Gasteiger charge is -2.08. The molecule has 0 N–H and O–H groups in total. The molecule has 0 aliphatic carbocycles. The molecule has 0 spiro atoms. The van der Waals surface area contributed by atoms with Crippen molar-refractivity contribution in [1.82, 2.24) is 9.97 Å². The van der Waals surface area contributed by atoms with Gasteiger partial charge in [0, 0.05) is 19.0 Å². The van der Waals surface area contributed by atoms with E-state index in [-0.39, 0.29) is 5.78 Å². The monoisotopic (exact) mass is 180 g/mol. The van der Waals surface area contributed by atoms with Crippen LogP contribution in [0.2, 0.25) is 0 Å². The Kier molecular flexibility index (Phi) is 3.52. The highest BCUT2D eigenvalue weighted by molar-refractivity contribution is 5.97. The summed E-state index contributed by atoms with van der Waals surface area (Å²) in [5, 5.41) is 0. The number of Topliss-reactive ketones (excluding diaryl/α,β-unsaturated/α-hetero) is 1. The van der Waals surface area contributed by atoms with Crippen molar-refractivity contribution in [3.05, 3.63) is 24.3 Å². The van der Waals surface area contributed by atoms with Crippen LogP contribution in [0.3, 0.4) is 0 Å². The van der Waals surface area contributed by atoms with Gasteiger partial charge in [0.25, 0.3) is 0 Å². The average molecular weight is 180 g/mol. The molecule has 1 heterocycles. The van der Waals surface area contributed by atoms with Gasteiger partial charge in [-0.05, 0) is 13.8 Å². The summed E-state index contributed by atoms with van der Waals surface area (Å²) in [4.78, 5) is 19.2. The predicted octanol–water partition coefficient (Wildman–Crippen LogP) is 1.08. The average Bonchev–Trinajstić information content (AvgIpc) is 2.18. The molecule has 1 unspecified atom stereocenters. The second-order valence-electron chi connectivity index (χ2n) is 2.55. The van der Waals surface area contributed by atoms with Gasteiger partial charge < -0.3 is 4.74 Å². The van der Waals surface area contributed by atoms with Crippen LogP contribution in [0.25, 0.3) is 0 Å². The van der Waals surface area contributed by atoms with Gasteiger partial charge in [-0.15, -0.1) is 0 Å². The van der Waals surface area contributed by atoms with Gasteiger partial charge in [-0.1, -0.05) is 0 Å². The van der Waals surface area contributed by atoms with Crippen molar-refractivity contribution in [2.75, 3.05) is 6.61 Å². The molecule has 1 rings (SSSR count). The molecule has 0 saturated carbocycles. The van der Waals surface area contributed by atoms with E-state index < -0.39 is 6.10 Å².